The van der Waals surface area contributed by atoms with Gasteiger partial charge in [0.2, 0.25) is 11.1 Å². The monoisotopic (exact) mass is 260 g/mol. The third kappa shape index (κ3) is 2.35. The van der Waals surface area contributed by atoms with Gasteiger partial charge in [-0.05, 0) is 11.6 Å². The van der Waals surface area contributed by atoms with E-state index in [2.05, 4.69) is 9.97 Å². The van der Waals surface area contributed by atoms with Crippen molar-refractivity contribution in [2.24, 2.45) is 0 Å². The minimum atomic E-state index is -0.479. The van der Waals surface area contributed by atoms with Crippen molar-refractivity contribution in [3.8, 4) is 0 Å². The first kappa shape index (κ1) is 11.4. The number of thioether (sulfide) groups is 1. The van der Waals surface area contributed by atoms with Crippen LogP contribution in [0.15, 0.2) is 6.20 Å². The van der Waals surface area contributed by atoms with Crippen LogP contribution in [0.25, 0.3) is 0 Å². The van der Waals surface area contributed by atoms with Crippen molar-refractivity contribution in [3.05, 3.63) is 21.6 Å². The average Bonchev–Trinajstić information content (AvgIpc) is 2.29. The predicted octanol–water partition coefficient (Wildman–Crippen LogP) is 1.59. The van der Waals surface area contributed by atoms with Crippen molar-refractivity contribution in [2.75, 3.05) is 29.5 Å². The fourth-order valence-corrected chi connectivity index (χ4v) is 2.51. The third-order valence-electron chi connectivity index (χ3n) is 2.23. The molecule has 8 heteroatoms. The molecule has 0 amide bonds. The van der Waals surface area contributed by atoms with Gasteiger partial charge >= 0.3 is 5.69 Å². The highest BCUT2D eigenvalue weighted by molar-refractivity contribution is 7.99. The second kappa shape index (κ2) is 4.84. The van der Waals surface area contributed by atoms with E-state index in [4.69, 9.17) is 11.6 Å². The van der Waals surface area contributed by atoms with Crippen LogP contribution in [0.4, 0.5) is 11.5 Å². The minimum absolute atomic E-state index is 0.0406. The summed E-state index contributed by atoms with van der Waals surface area (Å²) in [5.74, 6) is 2.21. The van der Waals surface area contributed by atoms with E-state index in [0.717, 1.165) is 30.8 Å². The molecule has 1 aromatic heterocycles. The maximum absolute atomic E-state index is 10.8. The lowest BCUT2D eigenvalue weighted by Crippen LogP contribution is -2.33. The largest absolute Gasteiger partial charge is 0.349 e. The average molecular weight is 261 g/mol. The first-order valence-corrected chi connectivity index (χ1v) is 6.21. The van der Waals surface area contributed by atoms with Crippen LogP contribution in [0.2, 0.25) is 5.28 Å². The van der Waals surface area contributed by atoms with Crippen LogP contribution in [0.3, 0.4) is 0 Å². The Labute approximate surface area is 101 Å². The van der Waals surface area contributed by atoms with Gasteiger partial charge in [0.15, 0.2) is 0 Å². The molecular formula is C8H9ClN4O2S. The van der Waals surface area contributed by atoms with Gasteiger partial charge in [-0.2, -0.15) is 16.7 Å². The van der Waals surface area contributed by atoms with E-state index in [9.17, 15) is 10.1 Å². The summed E-state index contributed by atoms with van der Waals surface area (Å²) in [7, 11) is 0. The Kier molecular flexibility index (Phi) is 3.45. The van der Waals surface area contributed by atoms with Crippen LogP contribution < -0.4 is 4.90 Å². The Morgan fingerprint density at radius 2 is 2.19 bits per heavy atom. The van der Waals surface area contributed by atoms with Crippen molar-refractivity contribution < 1.29 is 4.92 Å². The maximum atomic E-state index is 10.8. The van der Waals surface area contributed by atoms with Gasteiger partial charge in [0, 0.05) is 24.6 Å². The van der Waals surface area contributed by atoms with Crippen molar-refractivity contribution in [3.63, 3.8) is 0 Å². The number of rotatable bonds is 2. The summed E-state index contributed by atoms with van der Waals surface area (Å²) >= 11 is 7.49. The standard InChI is InChI=1S/C8H9ClN4O2S/c9-8-10-5-6(13(14)15)7(11-8)12-1-3-16-4-2-12/h5H,1-4H2. The molecule has 6 nitrogen and oxygen atoms in total. The number of aromatic nitrogens is 2. The van der Waals surface area contributed by atoms with Crippen LogP contribution in [0, 0.1) is 10.1 Å². The molecule has 0 bridgehead atoms. The zero-order valence-electron chi connectivity index (χ0n) is 8.30. The Morgan fingerprint density at radius 3 is 2.81 bits per heavy atom. The predicted molar refractivity (Wildman–Crippen MR) is 63.2 cm³/mol. The smallest absolute Gasteiger partial charge is 0.329 e. The molecule has 0 atom stereocenters. The lowest BCUT2D eigenvalue weighted by Gasteiger charge is -2.26. The van der Waals surface area contributed by atoms with Gasteiger partial charge in [-0.3, -0.25) is 10.1 Å². The van der Waals surface area contributed by atoms with Gasteiger partial charge in [-0.15, -0.1) is 0 Å². The molecule has 1 aliphatic rings. The summed E-state index contributed by atoms with van der Waals surface area (Å²) < 4.78 is 0. The van der Waals surface area contributed by atoms with Crippen molar-refractivity contribution in [1.29, 1.82) is 0 Å². The SMILES string of the molecule is O=[N+]([O-])c1cnc(Cl)nc1N1CCSCC1. The molecule has 2 rings (SSSR count). The van der Waals surface area contributed by atoms with Gasteiger partial charge < -0.3 is 4.90 Å². The Balaban J connectivity index is 2.36. The van der Waals surface area contributed by atoms with Crippen molar-refractivity contribution in [1.82, 2.24) is 9.97 Å². The first-order chi connectivity index (χ1) is 7.68. The molecule has 1 aliphatic heterocycles. The number of nitro groups is 1. The zero-order chi connectivity index (χ0) is 11.5. The van der Waals surface area contributed by atoms with Gasteiger partial charge in [0.25, 0.3) is 0 Å². The number of hydrogen-bond acceptors (Lipinski definition) is 6. The van der Waals surface area contributed by atoms with Crippen LogP contribution in [0.1, 0.15) is 0 Å². The fraction of sp³-hybridized carbons (Fsp3) is 0.500. The molecule has 0 radical (unpaired) electrons. The number of hydrogen-bond donors (Lipinski definition) is 0. The molecule has 1 fully saturated rings. The molecule has 0 unspecified atom stereocenters. The van der Waals surface area contributed by atoms with E-state index in [1.807, 2.05) is 16.7 Å². The quantitative estimate of drug-likeness (QED) is 0.457. The molecule has 0 N–H and O–H groups in total. The van der Waals surface area contributed by atoms with Crippen LogP contribution in [-0.4, -0.2) is 39.5 Å². The molecule has 2 heterocycles. The zero-order valence-corrected chi connectivity index (χ0v) is 9.87. The topological polar surface area (TPSA) is 72.2 Å². The molecule has 0 saturated carbocycles. The number of anilines is 1. The third-order valence-corrected chi connectivity index (χ3v) is 3.35. The van der Waals surface area contributed by atoms with Gasteiger partial charge in [0.1, 0.15) is 6.20 Å². The molecule has 1 aromatic rings. The second-order valence-electron chi connectivity index (χ2n) is 3.20. The van der Waals surface area contributed by atoms with Gasteiger partial charge in [-0.1, -0.05) is 0 Å². The molecule has 0 spiro atoms. The van der Waals surface area contributed by atoms with Crippen LogP contribution in [-0.2, 0) is 0 Å². The van der Waals surface area contributed by atoms with Gasteiger partial charge in [0.05, 0.1) is 4.92 Å². The summed E-state index contributed by atoms with van der Waals surface area (Å²) in [6.07, 6.45) is 1.16. The Hall–Kier alpha value is -1.08. The summed E-state index contributed by atoms with van der Waals surface area (Å²) in [4.78, 5) is 19.8. The van der Waals surface area contributed by atoms with E-state index >= 15 is 0 Å². The number of nitrogens with zero attached hydrogens (tertiary/aromatic N) is 4. The van der Waals surface area contributed by atoms with E-state index < -0.39 is 4.92 Å². The molecule has 86 valence electrons. The molecule has 16 heavy (non-hydrogen) atoms. The lowest BCUT2D eigenvalue weighted by atomic mass is 10.4. The highest BCUT2D eigenvalue weighted by atomic mass is 35.5. The first-order valence-electron chi connectivity index (χ1n) is 4.68. The summed E-state index contributed by atoms with van der Waals surface area (Å²) in [6, 6.07) is 0. The highest BCUT2D eigenvalue weighted by Gasteiger charge is 2.23. The van der Waals surface area contributed by atoms with E-state index in [1.54, 1.807) is 0 Å². The maximum Gasteiger partial charge on any atom is 0.329 e. The summed E-state index contributed by atoms with van der Waals surface area (Å²) in [6.45, 7) is 1.50. The van der Waals surface area contributed by atoms with Crippen molar-refractivity contribution >= 4 is 34.9 Å². The summed E-state index contributed by atoms with van der Waals surface area (Å²) in [5, 5.41) is 10.9. The van der Waals surface area contributed by atoms with E-state index in [1.165, 1.54) is 0 Å². The van der Waals surface area contributed by atoms with Crippen LogP contribution >= 0.6 is 23.4 Å². The second-order valence-corrected chi connectivity index (χ2v) is 4.77. The van der Waals surface area contributed by atoms with Crippen LogP contribution in [0.5, 0.6) is 0 Å². The van der Waals surface area contributed by atoms with E-state index in [-0.39, 0.29) is 11.0 Å². The minimum Gasteiger partial charge on any atom is -0.349 e. The Bertz CT molecular complexity index is 411. The Morgan fingerprint density at radius 1 is 1.50 bits per heavy atom. The normalized spacial score (nSPS) is 16.2. The van der Waals surface area contributed by atoms with E-state index in [0.29, 0.717) is 5.82 Å². The molecular weight excluding hydrogens is 252 g/mol. The fourth-order valence-electron chi connectivity index (χ4n) is 1.48. The molecule has 1 saturated heterocycles. The molecule has 0 aliphatic carbocycles. The van der Waals surface area contributed by atoms with Gasteiger partial charge in [-0.25, -0.2) is 4.98 Å². The summed E-state index contributed by atoms with van der Waals surface area (Å²) in [5.41, 5.74) is -0.0868. The van der Waals surface area contributed by atoms with Crippen molar-refractivity contribution in [2.45, 2.75) is 0 Å². The lowest BCUT2D eigenvalue weighted by molar-refractivity contribution is -0.384. The number of halogens is 1. The highest BCUT2D eigenvalue weighted by Crippen LogP contribution is 2.27. The molecule has 0 aromatic carbocycles.